The predicted octanol–water partition coefficient (Wildman–Crippen LogP) is 3.78. The van der Waals surface area contributed by atoms with Crippen LogP contribution in [0.15, 0.2) is 40.9 Å². The van der Waals surface area contributed by atoms with Crippen LogP contribution in [0.4, 0.5) is 10.1 Å². The van der Waals surface area contributed by atoms with E-state index in [0.29, 0.717) is 23.6 Å². The minimum Gasteiger partial charge on any atom is -0.334 e. The number of nitrogens with one attached hydrogen (secondary N) is 2. The Kier molecular flexibility index (Phi) is 4.92. The van der Waals surface area contributed by atoms with E-state index in [0.717, 1.165) is 29.7 Å². The number of benzene rings is 2. The topological polar surface area (TPSA) is 80.0 Å². The van der Waals surface area contributed by atoms with Crippen molar-refractivity contribution in [1.82, 2.24) is 15.5 Å². The van der Waals surface area contributed by atoms with Crippen molar-refractivity contribution in [2.75, 3.05) is 11.9 Å². The summed E-state index contributed by atoms with van der Waals surface area (Å²) in [5.41, 5.74) is 3.80. The minimum atomic E-state index is -0.371. The van der Waals surface area contributed by atoms with Gasteiger partial charge in [0.15, 0.2) is 0 Å². The van der Waals surface area contributed by atoms with E-state index < -0.39 is 0 Å². The van der Waals surface area contributed by atoms with Crippen LogP contribution >= 0.6 is 0 Å². The maximum absolute atomic E-state index is 14.5. The van der Waals surface area contributed by atoms with E-state index in [4.69, 9.17) is 4.52 Å². The number of amides is 1. The highest BCUT2D eigenvalue weighted by atomic mass is 19.1. The molecule has 2 aromatic carbocycles. The Hall–Kier alpha value is -3.06. The van der Waals surface area contributed by atoms with Gasteiger partial charge in [-0.25, -0.2) is 4.39 Å². The molecule has 1 amide bonds. The monoisotopic (exact) mass is 380 g/mol. The molecule has 28 heavy (non-hydrogen) atoms. The number of carbonyl (C=O) groups is 1. The van der Waals surface area contributed by atoms with Gasteiger partial charge in [-0.2, -0.15) is 4.98 Å². The fraction of sp³-hybridized carbons (Fsp3) is 0.286. The molecular formula is C21H21FN4O2. The molecule has 0 spiro atoms. The van der Waals surface area contributed by atoms with E-state index >= 15 is 0 Å². The molecule has 1 aliphatic rings. The molecule has 1 aromatic heterocycles. The molecule has 1 aliphatic heterocycles. The zero-order valence-corrected chi connectivity index (χ0v) is 15.8. The van der Waals surface area contributed by atoms with E-state index in [2.05, 4.69) is 20.8 Å². The highest BCUT2D eigenvalue weighted by molar-refractivity contribution is 5.92. The third-order valence-corrected chi connectivity index (χ3v) is 4.77. The zero-order valence-electron chi connectivity index (χ0n) is 15.8. The van der Waals surface area contributed by atoms with Gasteiger partial charge in [0.05, 0.1) is 5.56 Å². The fourth-order valence-corrected chi connectivity index (χ4v) is 3.11. The van der Waals surface area contributed by atoms with E-state index in [-0.39, 0.29) is 23.5 Å². The molecule has 6 nitrogen and oxygen atoms in total. The molecule has 0 saturated carbocycles. The van der Waals surface area contributed by atoms with Crippen molar-refractivity contribution in [3.63, 3.8) is 0 Å². The number of rotatable bonds is 4. The van der Waals surface area contributed by atoms with Crippen LogP contribution in [0, 0.1) is 11.7 Å². The normalized spacial score (nSPS) is 13.4. The number of halogens is 1. The van der Waals surface area contributed by atoms with Crippen molar-refractivity contribution in [1.29, 1.82) is 0 Å². The number of aromatic nitrogens is 2. The number of hydrogen-bond acceptors (Lipinski definition) is 5. The second kappa shape index (κ2) is 7.52. The van der Waals surface area contributed by atoms with Crippen LogP contribution in [0.25, 0.3) is 22.8 Å². The van der Waals surface area contributed by atoms with Crippen molar-refractivity contribution < 1.29 is 13.7 Å². The van der Waals surface area contributed by atoms with Crippen LogP contribution in [-0.4, -0.2) is 22.6 Å². The van der Waals surface area contributed by atoms with E-state index in [1.165, 1.54) is 6.07 Å². The summed E-state index contributed by atoms with van der Waals surface area (Å²) in [6.45, 7) is 5.20. The molecule has 0 saturated heterocycles. The van der Waals surface area contributed by atoms with Crippen molar-refractivity contribution in [3.05, 3.63) is 53.3 Å². The van der Waals surface area contributed by atoms with Gasteiger partial charge in [0.1, 0.15) is 5.82 Å². The van der Waals surface area contributed by atoms with Gasteiger partial charge in [-0.3, -0.25) is 4.79 Å². The molecular weight excluding hydrogens is 359 g/mol. The van der Waals surface area contributed by atoms with Gasteiger partial charge >= 0.3 is 0 Å². The van der Waals surface area contributed by atoms with Crippen molar-refractivity contribution >= 4 is 11.6 Å². The fourth-order valence-electron chi connectivity index (χ4n) is 3.11. The Morgan fingerprint density at radius 1 is 1.21 bits per heavy atom. The maximum atomic E-state index is 14.5. The van der Waals surface area contributed by atoms with Crippen LogP contribution in [0.2, 0.25) is 0 Å². The Balaban J connectivity index is 1.57. The summed E-state index contributed by atoms with van der Waals surface area (Å²) in [5, 5.41) is 10.0. The summed E-state index contributed by atoms with van der Waals surface area (Å²) in [6.07, 6.45) is 0.840. The lowest BCUT2D eigenvalue weighted by atomic mass is 9.98. The third-order valence-electron chi connectivity index (χ3n) is 4.77. The standard InChI is InChI=1S/C21H21FN4O2/c1-12(2)20(27)24-16-5-3-13(4-6-16)19-25-21(28-26-19)17-9-14-7-8-23-11-15(14)10-18(17)22/h3-6,9-10,12,23H,7-8,11H2,1-2H3,(H,24,27). The van der Waals surface area contributed by atoms with Gasteiger partial charge < -0.3 is 15.2 Å². The summed E-state index contributed by atoms with van der Waals surface area (Å²) in [5.74, 6) is 0.0142. The van der Waals surface area contributed by atoms with Gasteiger partial charge in [-0.15, -0.1) is 0 Å². The first-order valence-electron chi connectivity index (χ1n) is 9.28. The summed E-state index contributed by atoms with van der Waals surface area (Å²) in [6, 6.07) is 10.5. The molecule has 3 aromatic rings. The number of fused-ring (bicyclic) bond motifs is 1. The first kappa shape index (κ1) is 18.3. The number of carbonyl (C=O) groups excluding carboxylic acids is 1. The lowest BCUT2D eigenvalue weighted by Crippen LogP contribution is -2.23. The van der Waals surface area contributed by atoms with Crippen LogP contribution in [0.1, 0.15) is 25.0 Å². The zero-order chi connectivity index (χ0) is 19.7. The Labute approximate surface area is 162 Å². The predicted molar refractivity (Wildman–Crippen MR) is 104 cm³/mol. The largest absolute Gasteiger partial charge is 0.334 e. The van der Waals surface area contributed by atoms with Crippen LogP contribution < -0.4 is 10.6 Å². The van der Waals surface area contributed by atoms with Gasteiger partial charge in [0.2, 0.25) is 11.7 Å². The van der Waals surface area contributed by atoms with Crippen molar-refractivity contribution in [2.45, 2.75) is 26.8 Å². The molecule has 0 fully saturated rings. The maximum Gasteiger partial charge on any atom is 0.261 e. The third kappa shape index (κ3) is 3.66. The molecule has 2 N–H and O–H groups in total. The lowest BCUT2D eigenvalue weighted by molar-refractivity contribution is -0.118. The van der Waals surface area contributed by atoms with Gasteiger partial charge in [-0.1, -0.05) is 19.0 Å². The highest BCUT2D eigenvalue weighted by Crippen LogP contribution is 2.28. The van der Waals surface area contributed by atoms with Crippen LogP contribution in [-0.2, 0) is 17.8 Å². The van der Waals surface area contributed by atoms with Crippen molar-refractivity contribution in [2.24, 2.45) is 5.92 Å². The lowest BCUT2D eigenvalue weighted by Gasteiger charge is -2.17. The van der Waals surface area contributed by atoms with Gasteiger partial charge in [0.25, 0.3) is 5.89 Å². The number of anilines is 1. The molecule has 0 bridgehead atoms. The average Bonchev–Trinajstić information content (AvgIpc) is 3.18. The Morgan fingerprint density at radius 3 is 2.75 bits per heavy atom. The van der Waals surface area contributed by atoms with Gasteiger partial charge in [-0.05, 0) is 60.5 Å². The van der Waals surface area contributed by atoms with Crippen LogP contribution in [0.5, 0.6) is 0 Å². The highest BCUT2D eigenvalue weighted by Gasteiger charge is 2.19. The molecule has 0 radical (unpaired) electrons. The van der Waals surface area contributed by atoms with E-state index in [1.807, 2.05) is 13.8 Å². The molecule has 144 valence electrons. The first-order valence-corrected chi connectivity index (χ1v) is 9.28. The second-order valence-corrected chi connectivity index (χ2v) is 7.17. The average molecular weight is 380 g/mol. The quantitative estimate of drug-likeness (QED) is 0.720. The van der Waals surface area contributed by atoms with E-state index in [1.54, 1.807) is 30.3 Å². The Bertz CT molecular complexity index is 1010. The summed E-state index contributed by atoms with van der Waals surface area (Å²) < 4.78 is 19.8. The molecule has 0 unspecified atom stereocenters. The molecule has 0 atom stereocenters. The Morgan fingerprint density at radius 2 is 2.00 bits per heavy atom. The first-order chi connectivity index (χ1) is 13.5. The van der Waals surface area contributed by atoms with Crippen LogP contribution in [0.3, 0.4) is 0 Å². The minimum absolute atomic E-state index is 0.0484. The summed E-state index contributed by atoms with van der Waals surface area (Å²) in [4.78, 5) is 16.1. The summed E-state index contributed by atoms with van der Waals surface area (Å²) >= 11 is 0. The molecule has 7 heteroatoms. The number of hydrogen-bond donors (Lipinski definition) is 2. The second-order valence-electron chi connectivity index (χ2n) is 7.17. The molecule has 2 heterocycles. The summed E-state index contributed by atoms with van der Waals surface area (Å²) in [7, 11) is 0. The smallest absolute Gasteiger partial charge is 0.261 e. The van der Waals surface area contributed by atoms with Gasteiger partial charge in [0, 0.05) is 23.7 Å². The van der Waals surface area contributed by atoms with Crippen molar-refractivity contribution in [3.8, 4) is 22.8 Å². The molecule has 4 rings (SSSR count). The van der Waals surface area contributed by atoms with E-state index in [9.17, 15) is 9.18 Å². The SMILES string of the molecule is CC(C)C(=O)Nc1ccc(-c2noc(-c3cc4c(cc3F)CNCC4)n2)cc1. The molecule has 0 aliphatic carbocycles. The number of nitrogens with zero attached hydrogens (tertiary/aromatic N) is 2.